The number of primary amides is 1. The second kappa shape index (κ2) is 15.4. The van der Waals surface area contributed by atoms with Crippen LogP contribution in [0.3, 0.4) is 0 Å². The fourth-order valence-corrected chi connectivity index (χ4v) is 6.30. The van der Waals surface area contributed by atoms with Crippen LogP contribution < -0.4 is 21.7 Å². The molecule has 0 radical (unpaired) electrons. The van der Waals surface area contributed by atoms with Crippen molar-refractivity contribution in [3.05, 3.63) is 0 Å². The van der Waals surface area contributed by atoms with Crippen LogP contribution in [0.1, 0.15) is 92.4 Å². The molecule has 3 aliphatic rings. The molecule has 5 atom stereocenters. The van der Waals surface area contributed by atoms with Crippen molar-refractivity contribution in [2.45, 2.75) is 117 Å². The van der Waals surface area contributed by atoms with E-state index in [1.165, 1.54) is 19.3 Å². The normalized spacial score (nSPS) is 23.3. The van der Waals surface area contributed by atoms with Crippen LogP contribution in [0.15, 0.2) is 0 Å². The van der Waals surface area contributed by atoms with E-state index in [0.29, 0.717) is 57.8 Å². The zero-order valence-corrected chi connectivity index (χ0v) is 26.7. The van der Waals surface area contributed by atoms with Crippen LogP contribution in [-0.4, -0.2) is 95.0 Å². The predicted molar refractivity (Wildman–Crippen MR) is 162 cm³/mol. The lowest BCUT2D eigenvalue weighted by atomic mass is 9.81. The predicted octanol–water partition coefficient (Wildman–Crippen LogP) is 0.861. The Morgan fingerprint density at radius 1 is 1.12 bits per heavy atom. The Labute approximate surface area is 256 Å². The molecule has 244 valence electrons. The van der Waals surface area contributed by atoms with E-state index in [2.05, 4.69) is 16.0 Å². The molecule has 4 amide bonds. The molecule has 2 unspecified atom stereocenters. The molecule has 1 aliphatic carbocycles. The number of Topliss-reactive ketones (excluding diaryl/α,β-unsaturated/α-hetero) is 1. The van der Waals surface area contributed by atoms with Crippen molar-refractivity contribution in [3.8, 4) is 0 Å². The first kappa shape index (κ1) is 34.9. The van der Waals surface area contributed by atoms with E-state index in [4.69, 9.17) is 5.73 Å². The topological polar surface area (TPSA) is 174 Å². The van der Waals surface area contributed by atoms with Crippen LogP contribution >= 0.6 is 0 Å². The molecule has 2 saturated heterocycles. The highest BCUT2D eigenvalue weighted by Gasteiger charge is 2.46. The average molecular weight is 607 g/mol. The highest BCUT2D eigenvalue weighted by atomic mass is 16.3. The lowest BCUT2D eigenvalue weighted by molar-refractivity contribution is -0.144. The van der Waals surface area contributed by atoms with Crippen molar-refractivity contribution in [1.29, 1.82) is 0 Å². The second-order valence-electron chi connectivity index (χ2n) is 14.1. The van der Waals surface area contributed by atoms with Gasteiger partial charge in [0.2, 0.25) is 23.5 Å². The first-order valence-electron chi connectivity index (χ1n) is 16.1. The molecule has 2 aliphatic heterocycles. The van der Waals surface area contributed by atoms with Crippen LogP contribution in [-0.2, 0) is 24.0 Å². The molecule has 6 N–H and O–H groups in total. The number of rotatable bonds is 16. The van der Waals surface area contributed by atoms with E-state index < -0.39 is 47.5 Å². The van der Waals surface area contributed by atoms with Crippen molar-refractivity contribution < 1.29 is 29.1 Å². The maximum Gasteiger partial charge on any atom is 0.287 e. The molecule has 12 heteroatoms. The summed E-state index contributed by atoms with van der Waals surface area (Å²) in [7, 11) is 0. The van der Waals surface area contributed by atoms with Crippen molar-refractivity contribution in [3.63, 3.8) is 0 Å². The van der Waals surface area contributed by atoms with Crippen molar-refractivity contribution >= 4 is 29.4 Å². The number of aliphatic hydroxyl groups excluding tert-OH is 1. The van der Waals surface area contributed by atoms with Gasteiger partial charge in [-0.05, 0) is 42.4 Å². The van der Waals surface area contributed by atoms with Crippen LogP contribution in [0, 0.1) is 23.2 Å². The minimum absolute atomic E-state index is 0.0604. The Morgan fingerprint density at radius 2 is 1.81 bits per heavy atom. The van der Waals surface area contributed by atoms with Crippen molar-refractivity contribution in [1.82, 2.24) is 25.8 Å². The first-order valence-corrected chi connectivity index (χ1v) is 16.1. The number of hydrogen-bond acceptors (Lipinski definition) is 8. The maximum atomic E-state index is 14.1. The van der Waals surface area contributed by atoms with Gasteiger partial charge in [0, 0.05) is 32.6 Å². The Kier molecular flexibility index (Phi) is 12.5. The van der Waals surface area contributed by atoms with Crippen LogP contribution in [0.5, 0.6) is 0 Å². The molecule has 0 bridgehead atoms. The molecule has 1 saturated carbocycles. The van der Waals surface area contributed by atoms with Crippen LogP contribution in [0.25, 0.3) is 0 Å². The zero-order valence-electron chi connectivity index (χ0n) is 26.7. The van der Waals surface area contributed by atoms with Gasteiger partial charge >= 0.3 is 0 Å². The molecule has 0 aromatic rings. The summed E-state index contributed by atoms with van der Waals surface area (Å²) >= 11 is 0. The van der Waals surface area contributed by atoms with Gasteiger partial charge in [0.15, 0.2) is 6.35 Å². The van der Waals surface area contributed by atoms with Crippen LogP contribution in [0.4, 0.5) is 0 Å². The summed E-state index contributed by atoms with van der Waals surface area (Å²) in [5, 5.41) is 19.5. The van der Waals surface area contributed by atoms with Crippen molar-refractivity contribution in [2.24, 2.45) is 28.9 Å². The fourth-order valence-electron chi connectivity index (χ4n) is 6.30. The van der Waals surface area contributed by atoms with Gasteiger partial charge in [-0.1, -0.05) is 66.7 Å². The van der Waals surface area contributed by atoms with Gasteiger partial charge in [-0.25, -0.2) is 0 Å². The third-order valence-electron chi connectivity index (χ3n) is 9.40. The smallest absolute Gasteiger partial charge is 0.287 e. The number of carbonyl (C=O) groups is 5. The first-order chi connectivity index (χ1) is 20.2. The van der Waals surface area contributed by atoms with E-state index in [1.54, 1.807) is 9.80 Å². The monoisotopic (exact) mass is 606 g/mol. The quantitative estimate of drug-likeness (QED) is 0.127. The Balaban J connectivity index is 1.69. The fraction of sp³-hybridized carbons (Fsp3) is 0.839. The summed E-state index contributed by atoms with van der Waals surface area (Å²) in [5.74, 6) is -1.70. The highest BCUT2D eigenvalue weighted by Crippen LogP contribution is 2.33. The van der Waals surface area contributed by atoms with Gasteiger partial charge in [0.25, 0.3) is 5.91 Å². The Morgan fingerprint density at radius 3 is 2.35 bits per heavy atom. The number of nitrogens with one attached hydrogen (secondary N) is 3. The third-order valence-corrected chi connectivity index (χ3v) is 9.40. The van der Waals surface area contributed by atoms with Gasteiger partial charge < -0.3 is 26.0 Å². The summed E-state index contributed by atoms with van der Waals surface area (Å²) in [6.07, 6.45) is 6.10. The Hall–Kier alpha value is -2.57. The summed E-state index contributed by atoms with van der Waals surface area (Å²) < 4.78 is 0. The standard InChI is InChI=1S/C31H54N6O6/c1-19(2)21-17-23(28(41)34-22(25(39)27(32)40)12-7-11-20-9-6-10-20)37(18-21)29(42)26(31(3,4)5)35-30(43)33-14-16-36-15-8-13-24(36)38/h19-23,26,30,33,35,43H,6-18H2,1-5H3,(H2,32,40)(H,34,41)/t21-,22?,23+,26-,30?/m1/s1. The molecule has 3 fully saturated rings. The molecule has 0 aromatic carbocycles. The lowest BCUT2D eigenvalue weighted by Crippen LogP contribution is -2.61. The van der Waals surface area contributed by atoms with Gasteiger partial charge in [-0.3, -0.25) is 34.6 Å². The second-order valence-corrected chi connectivity index (χ2v) is 14.1. The van der Waals surface area contributed by atoms with Gasteiger partial charge in [0.05, 0.1) is 12.1 Å². The third kappa shape index (κ3) is 9.71. The van der Waals surface area contributed by atoms with E-state index in [9.17, 15) is 29.1 Å². The van der Waals surface area contributed by atoms with E-state index in [1.807, 2.05) is 34.6 Å². The number of likely N-dealkylation sites (tertiary alicyclic amines) is 2. The highest BCUT2D eigenvalue weighted by molar-refractivity contribution is 6.37. The molecule has 43 heavy (non-hydrogen) atoms. The molecule has 2 heterocycles. The molecular weight excluding hydrogens is 552 g/mol. The summed E-state index contributed by atoms with van der Waals surface area (Å²) in [4.78, 5) is 67.4. The largest absolute Gasteiger partial charge is 0.365 e. The van der Waals surface area contributed by atoms with E-state index in [-0.39, 0.29) is 23.7 Å². The summed E-state index contributed by atoms with van der Waals surface area (Å²) in [5.41, 5.74) is 4.70. The molecule has 0 aromatic heterocycles. The number of amides is 4. The molecule has 3 rings (SSSR count). The molecular formula is C31H54N6O6. The van der Waals surface area contributed by atoms with E-state index >= 15 is 0 Å². The SMILES string of the molecule is CC(C)[C@@H]1C[C@@H](C(=O)NC(CCCC2CCC2)C(=O)C(N)=O)N(C(=O)[C@@H](NC(O)NCCN2CCCC2=O)C(C)(C)C)C1. The zero-order chi connectivity index (χ0) is 31.9. The molecule has 0 spiro atoms. The Bertz CT molecular complexity index is 1010. The number of ketones is 1. The minimum Gasteiger partial charge on any atom is -0.365 e. The van der Waals surface area contributed by atoms with Crippen molar-refractivity contribution in [2.75, 3.05) is 26.2 Å². The van der Waals surface area contributed by atoms with Gasteiger partial charge in [-0.15, -0.1) is 0 Å². The van der Waals surface area contributed by atoms with Gasteiger partial charge in [-0.2, -0.15) is 0 Å². The number of nitrogens with zero attached hydrogens (tertiary/aromatic N) is 2. The summed E-state index contributed by atoms with van der Waals surface area (Å²) in [6, 6.07) is -2.69. The van der Waals surface area contributed by atoms with Crippen LogP contribution in [0.2, 0.25) is 0 Å². The van der Waals surface area contributed by atoms with E-state index in [0.717, 1.165) is 12.8 Å². The molecule has 12 nitrogen and oxygen atoms in total. The average Bonchev–Trinajstić information content (AvgIpc) is 3.53. The maximum absolute atomic E-state index is 14.1. The lowest BCUT2D eigenvalue weighted by Gasteiger charge is -2.37. The van der Waals surface area contributed by atoms with Gasteiger partial charge in [0.1, 0.15) is 6.04 Å². The summed E-state index contributed by atoms with van der Waals surface area (Å²) in [6.45, 7) is 11.6. The number of hydrogen-bond donors (Lipinski definition) is 5. The number of carbonyl (C=O) groups excluding carboxylic acids is 5. The number of nitrogens with two attached hydrogens (primary N) is 1. The number of aliphatic hydroxyl groups is 1. The minimum atomic E-state index is -1.21.